The van der Waals surface area contributed by atoms with Gasteiger partial charge in [-0.25, -0.2) is 4.85 Å². The Morgan fingerprint density at radius 3 is 3.11 bits per heavy atom. The Kier molecular flexibility index (Phi) is 2.51. The van der Waals surface area contributed by atoms with E-state index in [-0.39, 0.29) is 6.04 Å². The van der Waals surface area contributed by atoms with Crippen LogP contribution in [0.4, 0.5) is 5.69 Å². The number of nitriles is 1. The molecule has 1 atom stereocenters. The van der Waals surface area contributed by atoms with Crippen molar-refractivity contribution in [2.45, 2.75) is 25.3 Å². The SMILES string of the molecule is [C-]#[N+]c1cn2c(C3CCCCN3)n[nH]c2c1C#N. The number of aromatic nitrogens is 3. The first-order valence-corrected chi connectivity index (χ1v) is 5.95. The van der Waals surface area contributed by atoms with E-state index >= 15 is 0 Å². The van der Waals surface area contributed by atoms with Crippen LogP contribution in [0, 0.1) is 17.9 Å². The van der Waals surface area contributed by atoms with Crippen LogP contribution >= 0.6 is 0 Å². The molecule has 0 bridgehead atoms. The van der Waals surface area contributed by atoms with Crippen molar-refractivity contribution in [2.24, 2.45) is 0 Å². The van der Waals surface area contributed by atoms with E-state index in [1.807, 2.05) is 4.40 Å². The molecule has 1 fully saturated rings. The third-order valence-corrected chi connectivity index (χ3v) is 3.36. The van der Waals surface area contributed by atoms with Gasteiger partial charge in [0.1, 0.15) is 11.2 Å². The van der Waals surface area contributed by atoms with Gasteiger partial charge in [0.2, 0.25) is 5.69 Å². The van der Waals surface area contributed by atoms with Crippen molar-refractivity contribution in [3.8, 4) is 6.07 Å². The molecule has 6 heteroatoms. The van der Waals surface area contributed by atoms with Crippen LogP contribution in [0.5, 0.6) is 0 Å². The van der Waals surface area contributed by atoms with Gasteiger partial charge in [-0.1, -0.05) is 6.42 Å². The van der Waals surface area contributed by atoms with Gasteiger partial charge in [0, 0.05) is 6.20 Å². The van der Waals surface area contributed by atoms with Crippen molar-refractivity contribution in [3.63, 3.8) is 0 Å². The number of nitrogens with one attached hydrogen (secondary N) is 2. The zero-order chi connectivity index (χ0) is 12.5. The second-order valence-corrected chi connectivity index (χ2v) is 4.42. The lowest BCUT2D eigenvalue weighted by molar-refractivity contribution is 0.395. The van der Waals surface area contributed by atoms with Crippen LogP contribution in [0.25, 0.3) is 10.5 Å². The van der Waals surface area contributed by atoms with Crippen LogP contribution in [0.15, 0.2) is 6.20 Å². The van der Waals surface area contributed by atoms with E-state index < -0.39 is 0 Å². The zero-order valence-corrected chi connectivity index (χ0v) is 9.77. The minimum atomic E-state index is 0.199. The molecular weight excluding hydrogens is 228 g/mol. The molecule has 0 amide bonds. The van der Waals surface area contributed by atoms with E-state index in [1.54, 1.807) is 6.20 Å². The molecule has 6 nitrogen and oxygen atoms in total. The topological polar surface area (TPSA) is 73.3 Å². The van der Waals surface area contributed by atoms with Gasteiger partial charge in [-0.2, -0.15) is 10.4 Å². The first kappa shape index (κ1) is 10.8. The monoisotopic (exact) mass is 240 g/mol. The second kappa shape index (κ2) is 4.17. The maximum atomic E-state index is 9.09. The van der Waals surface area contributed by atoms with E-state index in [0.29, 0.717) is 16.9 Å². The van der Waals surface area contributed by atoms with Gasteiger partial charge in [-0.15, -0.1) is 0 Å². The third-order valence-electron chi connectivity index (χ3n) is 3.36. The minimum Gasteiger partial charge on any atom is -0.307 e. The summed E-state index contributed by atoms with van der Waals surface area (Å²) in [4.78, 5) is 3.38. The van der Waals surface area contributed by atoms with Gasteiger partial charge in [0.15, 0.2) is 5.82 Å². The van der Waals surface area contributed by atoms with Crippen LogP contribution in [0.3, 0.4) is 0 Å². The summed E-state index contributed by atoms with van der Waals surface area (Å²) in [7, 11) is 0. The van der Waals surface area contributed by atoms with Gasteiger partial charge in [0.05, 0.1) is 18.7 Å². The molecule has 1 aliphatic rings. The molecule has 0 aliphatic carbocycles. The summed E-state index contributed by atoms with van der Waals surface area (Å²) in [6.45, 7) is 8.07. The van der Waals surface area contributed by atoms with E-state index in [0.717, 1.165) is 18.8 Å². The Bertz CT molecular complexity index is 659. The quantitative estimate of drug-likeness (QED) is 0.748. The van der Waals surface area contributed by atoms with Crippen LogP contribution in [0.2, 0.25) is 0 Å². The van der Waals surface area contributed by atoms with Crippen LogP contribution in [-0.4, -0.2) is 21.1 Å². The number of hydrogen-bond donors (Lipinski definition) is 2. The minimum absolute atomic E-state index is 0.199. The average Bonchev–Trinajstić information content (AvgIpc) is 2.97. The number of rotatable bonds is 1. The molecule has 0 spiro atoms. The summed E-state index contributed by atoms with van der Waals surface area (Å²) in [6.07, 6.45) is 5.09. The molecule has 0 aromatic carbocycles. The fourth-order valence-corrected chi connectivity index (χ4v) is 2.46. The predicted octanol–water partition coefficient (Wildman–Crippen LogP) is 1.90. The fraction of sp³-hybridized carbons (Fsp3) is 0.417. The highest BCUT2D eigenvalue weighted by molar-refractivity contribution is 5.72. The van der Waals surface area contributed by atoms with Gasteiger partial charge in [-0.3, -0.25) is 9.50 Å². The molecule has 1 aliphatic heterocycles. The summed E-state index contributed by atoms with van der Waals surface area (Å²) >= 11 is 0. The first-order chi connectivity index (χ1) is 8.85. The number of piperidine rings is 1. The van der Waals surface area contributed by atoms with Crippen molar-refractivity contribution < 1.29 is 0 Å². The van der Waals surface area contributed by atoms with E-state index in [1.165, 1.54) is 12.8 Å². The van der Waals surface area contributed by atoms with Crippen molar-refractivity contribution >= 4 is 11.3 Å². The van der Waals surface area contributed by atoms with Crippen molar-refractivity contribution in [1.29, 1.82) is 5.26 Å². The second-order valence-electron chi connectivity index (χ2n) is 4.42. The maximum absolute atomic E-state index is 9.09. The highest BCUT2D eigenvalue weighted by Crippen LogP contribution is 2.28. The summed E-state index contributed by atoms with van der Waals surface area (Å²) in [6, 6.07) is 2.26. The normalized spacial score (nSPS) is 19.6. The summed E-state index contributed by atoms with van der Waals surface area (Å²) in [5, 5.41) is 19.7. The van der Waals surface area contributed by atoms with E-state index in [4.69, 9.17) is 11.8 Å². The molecular formula is C12H12N6. The molecule has 3 rings (SSSR count). The number of nitrogens with zero attached hydrogens (tertiary/aromatic N) is 4. The van der Waals surface area contributed by atoms with E-state index in [2.05, 4.69) is 26.4 Å². The molecule has 1 saturated heterocycles. The first-order valence-electron chi connectivity index (χ1n) is 5.95. The van der Waals surface area contributed by atoms with Crippen molar-refractivity contribution in [2.75, 3.05) is 6.54 Å². The van der Waals surface area contributed by atoms with Crippen molar-refractivity contribution in [1.82, 2.24) is 19.9 Å². The number of hydrogen-bond acceptors (Lipinski definition) is 3. The summed E-state index contributed by atoms with van der Waals surface area (Å²) in [5.74, 6) is 0.858. The number of fused-ring (bicyclic) bond motifs is 1. The number of aromatic amines is 1. The molecule has 3 heterocycles. The Morgan fingerprint density at radius 1 is 1.56 bits per heavy atom. The fourth-order valence-electron chi connectivity index (χ4n) is 2.46. The molecule has 2 aromatic rings. The van der Waals surface area contributed by atoms with Gasteiger partial charge >= 0.3 is 0 Å². The Morgan fingerprint density at radius 2 is 2.44 bits per heavy atom. The molecule has 0 radical (unpaired) electrons. The molecule has 2 N–H and O–H groups in total. The zero-order valence-electron chi connectivity index (χ0n) is 9.77. The lowest BCUT2D eigenvalue weighted by atomic mass is 10.0. The van der Waals surface area contributed by atoms with Crippen LogP contribution in [0.1, 0.15) is 36.7 Å². The highest BCUT2D eigenvalue weighted by Gasteiger charge is 2.22. The lowest BCUT2D eigenvalue weighted by Gasteiger charge is -2.21. The van der Waals surface area contributed by atoms with Gasteiger partial charge < -0.3 is 5.32 Å². The molecule has 1 unspecified atom stereocenters. The highest BCUT2D eigenvalue weighted by atomic mass is 15.3. The molecule has 0 saturated carbocycles. The van der Waals surface area contributed by atoms with E-state index in [9.17, 15) is 0 Å². The summed E-state index contributed by atoms with van der Waals surface area (Å²) in [5.41, 5.74) is 1.37. The van der Waals surface area contributed by atoms with Crippen LogP contribution in [-0.2, 0) is 0 Å². The third kappa shape index (κ3) is 1.47. The average molecular weight is 240 g/mol. The Balaban J connectivity index is 2.12. The molecule has 90 valence electrons. The largest absolute Gasteiger partial charge is 0.307 e. The molecule has 2 aromatic heterocycles. The Labute approximate surface area is 104 Å². The summed E-state index contributed by atoms with van der Waals surface area (Å²) < 4.78 is 1.83. The predicted molar refractivity (Wildman–Crippen MR) is 65.1 cm³/mol. The van der Waals surface area contributed by atoms with Gasteiger partial charge in [-0.05, 0) is 19.4 Å². The molecule has 18 heavy (non-hydrogen) atoms. The van der Waals surface area contributed by atoms with Crippen molar-refractivity contribution in [3.05, 3.63) is 29.0 Å². The smallest absolute Gasteiger partial charge is 0.224 e. The van der Waals surface area contributed by atoms with Crippen LogP contribution < -0.4 is 5.32 Å². The maximum Gasteiger partial charge on any atom is 0.224 e. The Hall–Kier alpha value is -2.31. The van der Waals surface area contributed by atoms with Gasteiger partial charge in [0.25, 0.3) is 0 Å². The number of H-pyrrole nitrogens is 1. The standard InChI is InChI=1S/C12H12N6/c1-14-10-7-18-11(8(10)6-13)16-17-12(18)9-4-2-3-5-15-9/h7,9,15-16H,2-5H2. The lowest BCUT2D eigenvalue weighted by Crippen LogP contribution is -2.28.